The summed E-state index contributed by atoms with van der Waals surface area (Å²) in [5.41, 5.74) is 0.877. The number of hydrogen-bond donors (Lipinski definition) is 0. The maximum Gasteiger partial charge on any atom is 0.222 e. The molecular weight excluding hydrogens is 248 g/mol. The molecule has 0 aliphatic carbocycles. The number of hydrogen-bond acceptors (Lipinski definition) is 4. The first-order chi connectivity index (χ1) is 6.81. The monoisotopic (exact) mass is 254 g/mol. The second-order valence-corrected chi connectivity index (χ2v) is 3.27. The molecule has 14 heavy (non-hydrogen) atoms. The van der Waals surface area contributed by atoms with E-state index in [4.69, 9.17) is 4.74 Å². The Morgan fingerprint density at radius 2 is 2.00 bits per heavy atom. The number of tetrazole rings is 1. The Morgan fingerprint density at radius 3 is 2.50 bits per heavy atom. The Bertz CT molecular complexity index is 425. The fourth-order valence-corrected chi connectivity index (χ4v) is 1.40. The molecule has 1 aromatic carbocycles. The second kappa shape index (κ2) is 3.75. The highest BCUT2D eigenvalue weighted by Crippen LogP contribution is 2.16. The second-order valence-electron chi connectivity index (χ2n) is 2.56. The van der Waals surface area contributed by atoms with Gasteiger partial charge in [-0.3, -0.25) is 0 Å². The van der Waals surface area contributed by atoms with Crippen LogP contribution in [-0.4, -0.2) is 27.3 Å². The summed E-state index contributed by atoms with van der Waals surface area (Å²) in [5.74, 6) is 0.804. The maximum absolute atomic E-state index is 5.04. The van der Waals surface area contributed by atoms with E-state index >= 15 is 0 Å². The first kappa shape index (κ1) is 9.14. The van der Waals surface area contributed by atoms with Crippen molar-refractivity contribution in [2.75, 3.05) is 7.11 Å². The summed E-state index contributed by atoms with van der Waals surface area (Å²) < 4.78 is 7.20. The van der Waals surface area contributed by atoms with Crippen LogP contribution in [0.4, 0.5) is 0 Å². The van der Waals surface area contributed by atoms with Crippen LogP contribution in [0.25, 0.3) is 5.69 Å². The third kappa shape index (κ3) is 1.60. The Labute approximate surface area is 88.8 Å². The van der Waals surface area contributed by atoms with Crippen molar-refractivity contribution in [3.8, 4) is 11.4 Å². The molecule has 1 aromatic heterocycles. The van der Waals surface area contributed by atoms with E-state index in [1.165, 1.54) is 0 Å². The van der Waals surface area contributed by atoms with E-state index in [-0.39, 0.29) is 0 Å². The Hall–Kier alpha value is -1.43. The highest BCUT2D eigenvalue weighted by molar-refractivity contribution is 9.10. The number of ether oxygens (including phenoxy) is 1. The molecule has 6 heteroatoms. The van der Waals surface area contributed by atoms with Crippen molar-refractivity contribution in [1.82, 2.24) is 20.2 Å². The van der Waals surface area contributed by atoms with Crippen molar-refractivity contribution in [3.05, 3.63) is 29.0 Å². The molecule has 0 unspecified atom stereocenters. The molecular formula is C8H7BrN4O. The third-order valence-corrected chi connectivity index (χ3v) is 2.24. The standard InChI is InChI=1S/C8H7BrN4O/c1-14-7-4-2-6(3-5-7)13-8(9)10-11-12-13/h2-5H,1H3. The Morgan fingerprint density at radius 1 is 1.29 bits per heavy atom. The van der Waals surface area contributed by atoms with Gasteiger partial charge in [0, 0.05) is 0 Å². The van der Waals surface area contributed by atoms with Gasteiger partial charge in [0.1, 0.15) is 5.75 Å². The van der Waals surface area contributed by atoms with Crippen LogP contribution >= 0.6 is 15.9 Å². The number of benzene rings is 1. The predicted octanol–water partition coefficient (Wildman–Crippen LogP) is 1.43. The molecule has 0 radical (unpaired) electrons. The SMILES string of the molecule is COc1ccc(-n2nnnc2Br)cc1. The van der Waals surface area contributed by atoms with E-state index in [2.05, 4.69) is 31.5 Å². The fraction of sp³-hybridized carbons (Fsp3) is 0.125. The minimum Gasteiger partial charge on any atom is -0.497 e. The van der Waals surface area contributed by atoms with Crippen LogP contribution in [0.1, 0.15) is 0 Å². The van der Waals surface area contributed by atoms with Gasteiger partial charge >= 0.3 is 0 Å². The van der Waals surface area contributed by atoms with Gasteiger partial charge in [-0.2, -0.15) is 4.68 Å². The lowest BCUT2D eigenvalue weighted by Crippen LogP contribution is -1.96. The lowest BCUT2D eigenvalue weighted by Gasteiger charge is -2.02. The van der Waals surface area contributed by atoms with Crippen LogP contribution in [0, 0.1) is 0 Å². The molecule has 2 rings (SSSR count). The molecule has 1 heterocycles. The zero-order valence-electron chi connectivity index (χ0n) is 7.38. The van der Waals surface area contributed by atoms with E-state index in [0.29, 0.717) is 4.73 Å². The lowest BCUT2D eigenvalue weighted by molar-refractivity contribution is 0.414. The number of aromatic nitrogens is 4. The van der Waals surface area contributed by atoms with Crippen LogP contribution in [0.3, 0.4) is 0 Å². The van der Waals surface area contributed by atoms with Crippen molar-refractivity contribution in [3.63, 3.8) is 0 Å². The quantitative estimate of drug-likeness (QED) is 0.814. The van der Waals surface area contributed by atoms with Gasteiger partial charge < -0.3 is 4.74 Å². The number of rotatable bonds is 2. The normalized spacial score (nSPS) is 10.1. The molecule has 0 spiro atoms. The summed E-state index contributed by atoms with van der Waals surface area (Å²) in [7, 11) is 1.63. The first-order valence-electron chi connectivity index (χ1n) is 3.89. The van der Waals surface area contributed by atoms with Gasteiger partial charge in [0.2, 0.25) is 4.73 Å². The van der Waals surface area contributed by atoms with Crippen molar-refractivity contribution in [1.29, 1.82) is 0 Å². The molecule has 0 aliphatic rings. The van der Waals surface area contributed by atoms with Crippen LogP contribution in [0.15, 0.2) is 29.0 Å². The summed E-state index contributed by atoms with van der Waals surface area (Å²) >= 11 is 3.23. The van der Waals surface area contributed by atoms with Gasteiger partial charge in [-0.1, -0.05) is 0 Å². The van der Waals surface area contributed by atoms with Gasteiger partial charge in [-0.15, -0.1) is 5.10 Å². The van der Waals surface area contributed by atoms with Crippen molar-refractivity contribution >= 4 is 15.9 Å². The van der Waals surface area contributed by atoms with E-state index in [1.807, 2.05) is 24.3 Å². The summed E-state index contributed by atoms with van der Waals surface area (Å²) in [5, 5.41) is 11.1. The van der Waals surface area contributed by atoms with Gasteiger partial charge in [0.05, 0.1) is 12.8 Å². The largest absolute Gasteiger partial charge is 0.497 e. The summed E-state index contributed by atoms with van der Waals surface area (Å²) in [6, 6.07) is 7.45. The molecule has 0 aliphatic heterocycles. The minimum absolute atomic E-state index is 0.572. The molecule has 2 aromatic rings. The zero-order valence-corrected chi connectivity index (χ0v) is 8.97. The maximum atomic E-state index is 5.04. The molecule has 0 N–H and O–H groups in total. The number of halogens is 1. The van der Waals surface area contributed by atoms with Gasteiger partial charge in [-0.05, 0) is 50.6 Å². The van der Waals surface area contributed by atoms with E-state index in [0.717, 1.165) is 11.4 Å². The van der Waals surface area contributed by atoms with Crippen molar-refractivity contribution in [2.24, 2.45) is 0 Å². The Kier molecular flexibility index (Phi) is 2.45. The average Bonchev–Trinajstić information content (AvgIpc) is 2.65. The van der Waals surface area contributed by atoms with Crippen molar-refractivity contribution < 1.29 is 4.74 Å². The fourth-order valence-electron chi connectivity index (χ4n) is 1.06. The van der Waals surface area contributed by atoms with Crippen LogP contribution in [0.5, 0.6) is 5.75 Å². The van der Waals surface area contributed by atoms with E-state index < -0.39 is 0 Å². The van der Waals surface area contributed by atoms with Gasteiger partial charge in [0.25, 0.3) is 0 Å². The lowest BCUT2D eigenvalue weighted by atomic mass is 10.3. The highest BCUT2D eigenvalue weighted by Gasteiger charge is 2.03. The van der Waals surface area contributed by atoms with Crippen LogP contribution < -0.4 is 4.74 Å². The van der Waals surface area contributed by atoms with E-state index in [1.54, 1.807) is 11.8 Å². The zero-order chi connectivity index (χ0) is 9.97. The smallest absolute Gasteiger partial charge is 0.222 e. The van der Waals surface area contributed by atoms with Gasteiger partial charge in [0.15, 0.2) is 0 Å². The highest BCUT2D eigenvalue weighted by atomic mass is 79.9. The summed E-state index contributed by atoms with van der Waals surface area (Å²) in [6.07, 6.45) is 0. The molecule has 72 valence electrons. The third-order valence-electron chi connectivity index (χ3n) is 1.75. The van der Waals surface area contributed by atoms with Crippen molar-refractivity contribution in [2.45, 2.75) is 0 Å². The number of nitrogens with zero attached hydrogens (tertiary/aromatic N) is 4. The molecule has 0 amide bonds. The average molecular weight is 255 g/mol. The summed E-state index contributed by atoms with van der Waals surface area (Å²) in [4.78, 5) is 0. The van der Waals surface area contributed by atoms with E-state index in [9.17, 15) is 0 Å². The Balaban J connectivity index is 2.39. The van der Waals surface area contributed by atoms with Gasteiger partial charge in [-0.25, -0.2) is 0 Å². The van der Waals surface area contributed by atoms with Crippen LogP contribution in [-0.2, 0) is 0 Å². The molecule has 0 fully saturated rings. The topological polar surface area (TPSA) is 52.8 Å². The molecule has 0 saturated carbocycles. The predicted molar refractivity (Wildman–Crippen MR) is 53.4 cm³/mol. The number of methoxy groups -OCH3 is 1. The summed E-state index contributed by atoms with van der Waals surface area (Å²) in [6.45, 7) is 0. The molecule has 0 atom stereocenters. The molecule has 5 nitrogen and oxygen atoms in total. The molecule has 0 saturated heterocycles. The molecule has 0 bridgehead atoms. The minimum atomic E-state index is 0.572. The van der Waals surface area contributed by atoms with Crippen LogP contribution in [0.2, 0.25) is 0 Å². The first-order valence-corrected chi connectivity index (χ1v) is 4.69.